The minimum atomic E-state index is 0. The van der Waals surface area contributed by atoms with Crippen LogP contribution in [0.5, 0.6) is 0 Å². The zero-order valence-electron chi connectivity index (χ0n) is 3.24. The van der Waals surface area contributed by atoms with Gasteiger partial charge in [0.1, 0.15) is 0 Å². The predicted octanol–water partition coefficient (Wildman–Crippen LogP) is -10.9. The molecular weight excluding hydrogens is 136 g/mol. The molecule has 0 atom stereocenters. The molecule has 0 amide bonds. The SMILES string of the molecule is [Cl-].[Cl-].[NH2+]=C=O.[Na+]. The van der Waals surface area contributed by atoms with Crippen LogP contribution in [0.25, 0.3) is 0 Å². The van der Waals surface area contributed by atoms with E-state index in [4.69, 9.17) is 4.79 Å². The van der Waals surface area contributed by atoms with Crippen molar-refractivity contribution in [3.63, 3.8) is 0 Å². The first-order valence-corrected chi connectivity index (χ1v) is 0.493. The van der Waals surface area contributed by atoms with Gasteiger partial charge in [-0.25, -0.2) is 0 Å². The standard InChI is InChI=1S/CHNO.2ClH.Na/c2-1-3;;;/h2H;2*1H;/q;;;+1/p-1. The van der Waals surface area contributed by atoms with E-state index in [1.807, 2.05) is 0 Å². The van der Waals surface area contributed by atoms with Gasteiger partial charge in [-0.15, -0.1) is 0 Å². The van der Waals surface area contributed by atoms with Crippen LogP contribution in [-0.4, -0.2) is 6.08 Å². The second kappa shape index (κ2) is 38.2. The summed E-state index contributed by atoms with van der Waals surface area (Å²) in [6.45, 7) is 0. The maximum Gasteiger partial charge on any atom is 1.00 e. The smallest absolute Gasteiger partial charge is 1.00 e. The Morgan fingerprint density at radius 3 is 1.33 bits per heavy atom. The molecule has 0 rings (SSSR count). The minimum absolute atomic E-state index is 0. The van der Waals surface area contributed by atoms with Crippen molar-refractivity contribution in [2.75, 3.05) is 0 Å². The predicted molar refractivity (Wildman–Crippen MR) is 7.62 cm³/mol. The number of isocyanates is 1. The van der Waals surface area contributed by atoms with Crippen molar-refractivity contribution in [2.45, 2.75) is 0 Å². The van der Waals surface area contributed by atoms with Crippen LogP contribution in [0.2, 0.25) is 0 Å². The van der Waals surface area contributed by atoms with Gasteiger partial charge in [-0.2, -0.15) is 10.2 Å². The van der Waals surface area contributed by atoms with Gasteiger partial charge in [0.2, 0.25) is 0 Å². The molecule has 5 heteroatoms. The molecular formula is CH2Cl2NNaO. The van der Waals surface area contributed by atoms with Gasteiger partial charge in [0.05, 0.1) is 0 Å². The first kappa shape index (κ1) is 28.2. The summed E-state index contributed by atoms with van der Waals surface area (Å²) in [5, 5.41) is 4.04. The van der Waals surface area contributed by atoms with Gasteiger partial charge >= 0.3 is 35.6 Å². The summed E-state index contributed by atoms with van der Waals surface area (Å²) in [7, 11) is 0. The van der Waals surface area contributed by atoms with Gasteiger partial charge in [0.25, 0.3) is 0 Å². The van der Waals surface area contributed by atoms with E-state index in [-0.39, 0.29) is 54.4 Å². The van der Waals surface area contributed by atoms with Crippen LogP contribution in [-0.2, 0) is 4.79 Å². The average molecular weight is 138 g/mol. The Balaban J connectivity index is -0.00000000667. The topological polar surface area (TPSA) is 42.7 Å². The Bertz CT molecular complexity index is 34.5. The zero-order chi connectivity index (χ0) is 2.71. The number of hydrogen-bond donors (Lipinski definition) is 1. The fourth-order valence-corrected chi connectivity index (χ4v) is 0. The number of hydrogen-bond acceptors (Lipinski definition) is 1. The van der Waals surface area contributed by atoms with Gasteiger partial charge in [0.15, 0.2) is 0 Å². The third-order valence-corrected chi connectivity index (χ3v) is 0. The molecule has 0 aliphatic rings. The van der Waals surface area contributed by atoms with Crippen LogP contribution in [0.15, 0.2) is 0 Å². The van der Waals surface area contributed by atoms with Crippen LogP contribution in [0.4, 0.5) is 0 Å². The van der Waals surface area contributed by atoms with E-state index in [1.165, 1.54) is 0 Å². The van der Waals surface area contributed by atoms with E-state index in [2.05, 4.69) is 5.41 Å². The monoisotopic (exact) mass is 137 g/mol. The summed E-state index contributed by atoms with van der Waals surface area (Å²) in [6.07, 6.45) is 1.00. The summed E-state index contributed by atoms with van der Waals surface area (Å²) < 4.78 is 0. The van der Waals surface area contributed by atoms with E-state index < -0.39 is 0 Å². The quantitative estimate of drug-likeness (QED) is 0.201. The molecule has 0 aromatic heterocycles. The van der Waals surface area contributed by atoms with E-state index in [0.29, 0.717) is 0 Å². The Morgan fingerprint density at radius 2 is 1.33 bits per heavy atom. The van der Waals surface area contributed by atoms with Crippen LogP contribution in [0, 0.1) is 0 Å². The van der Waals surface area contributed by atoms with Crippen LogP contribution >= 0.6 is 0 Å². The van der Waals surface area contributed by atoms with Crippen molar-refractivity contribution >= 4 is 6.08 Å². The molecule has 0 saturated carbocycles. The van der Waals surface area contributed by atoms with E-state index in [1.54, 1.807) is 0 Å². The minimum Gasteiger partial charge on any atom is -1.00 e. The van der Waals surface area contributed by atoms with E-state index >= 15 is 0 Å². The van der Waals surface area contributed by atoms with Gasteiger partial charge in [-0.05, 0) is 0 Å². The average Bonchev–Trinajstić information content (AvgIpc) is 0.918. The van der Waals surface area contributed by atoms with Gasteiger partial charge in [-0.3, -0.25) is 0 Å². The van der Waals surface area contributed by atoms with Gasteiger partial charge in [-0.1, -0.05) is 0 Å². The van der Waals surface area contributed by atoms with Crippen molar-refractivity contribution in [1.29, 1.82) is 0 Å². The molecule has 0 bridgehead atoms. The Hall–Kier alpha value is 0.960. The summed E-state index contributed by atoms with van der Waals surface area (Å²) >= 11 is 0. The largest absolute Gasteiger partial charge is 1.00 e. The molecule has 2 nitrogen and oxygen atoms in total. The van der Waals surface area contributed by atoms with Gasteiger partial charge < -0.3 is 24.8 Å². The zero-order valence-corrected chi connectivity index (χ0v) is 6.75. The third kappa shape index (κ3) is 84.4. The van der Waals surface area contributed by atoms with Crippen molar-refractivity contribution in [1.82, 2.24) is 0 Å². The normalized spacial score (nSPS) is 1.33. The maximum absolute atomic E-state index is 8.46. The Labute approximate surface area is 70.3 Å². The van der Waals surface area contributed by atoms with Crippen LogP contribution < -0.4 is 59.8 Å². The molecule has 0 aliphatic carbocycles. The number of rotatable bonds is 0. The number of carbonyl (C=O) groups excluding carboxylic acids is 1. The van der Waals surface area contributed by atoms with E-state index in [9.17, 15) is 0 Å². The molecule has 32 valence electrons. The molecule has 0 heterocycles. The summed E-state index contributed by atoms with van der Waals surface area (Å²) in [6, 6.07) is 0. The van der Waals surface area contributed by atoms with Crippen LogP contribution in [0.1, 0.15) is 0 Å². The molecule has 0 aromatic rings. The molecule has 0 aliphatic heterocycles. The number of nitrogens with two attached hydrogens (primary N) is 1. The maximum atomic E-state index is 8.46. The molecule has 0 fully saturated rings. The molecule has 0 radical (unpaired) electrons. The summed E-state index contributed by atoms with van der Waals surface area (Å²) in [5.74, 6) is 0. The first-order valence-electron chi connectivity index (χ1n) is 0.493. The fraction of sp³-hybridized carbons (Fsp3) is 0. The molecule has 0 spiro atoms. The fourth-order valence-electron chi connectivity index (χ4n) is 0. The Morgan fingerprint density at radius 1 is 1.33 bits per heavy atom. The number of halogens is 2. The second-order valence-corrected chi connectivity index (χ2v) is 0.118. The summed E-state index contributed by atoms with van der Waals surface area (Å²) in [4.78, 5) is 8.46. The Kier molecular flexibility index (Phi) is 180. The molecule has 0 saturated heterocycles. The molecule has 0 unspecified atom stereocenters. The molecule has 2 N–H and O–H groups in total. The van der Waals surface area contributed by atoms with Crippen molar-refractivity contribution < 1.29 is 64.6 Å². The van der Waals surface area contributed by atoms with Crippen molar-refractivity contribution in [3.05, 3.63) is 0 Å². The van der Waals surface area contributed by atoms with Crippen molar-refractivity contribution in [2.24, 2.45) is 0 Å². The van der Waals surface area contributed by atoms with E-state index in [0.717, 1.165) is 6.08 Å². The molecule has 6 heavy (non-hydrogen) atoms. The second-order valence-electron chi connectivity index (χ2n) is 0.118. The molecule has 0 aromatic carbocycles. The van der Waals surface area contributed by atoms with Gasteiger partial charge in [0, 0.05) is 0 Å². The van der Waals surface area contributed by atoms with Crippen LogP contribution in [0.3, 0.4) is 0 Å². The van der Waals surface area contributed by atoms with Crippen molar-refractivity contribution in [3.8, 4) is 0 Å². The summed E-state index contributed by atoms with van der Waals surface area (Å²) in [5.41, 5.74) is 0. The third-order valence-electron chi connectivity index (χ3n) is 0. The first-order chi connectivity index (χ1) is 1.41.